The molecule has 1 unspecified atom stereocenters. The van der Waals surface area contributed by atoms with Gasteiger partial charge in [0.2, 0.25) is 5.91 Å². The number of carbonyl (C=O) groups excluding carboxylic acids is 1. The zero-order valence-electron chi connectivity index (χ0n) is 13.5. The van der Waals surface area contributed by atoms with Gasteiger partial charge in [-0.1, -0.05) is 6.07 Å². The van der Waals surface area contributed by atoms with Crippen molar-refractivity contribution in [1.82, 2.24) is 15.2 Å². The molecular formula is C17H20FN3OS. The van der Waals surface area contributed by atoms with Crippen LogP contribution >= 0.6 is 11.3 Å². The number of hydrogen-bond acceptors (Lipinski definition) is 4. The number of amides is 1. The number of nitrogens with one attached hydrogen (secondary N) is 1. The van der Waals surface area contributed by atoms with Gasteiger partial charge in [0.15, 0.2) is 0 Å². The molecule has 1 fully saturated rings. The van der Waals surface area contributed by atoms with E-state index >= 15 is 0 Å². The Morgan fingerprint density at radius 2 is 2.17 bits per heavy atom. The molecular weight excluding hydrogens is 313 g/mol. The Kier molecular flexibility index (Phi) is 4.46. The molecule has 3 rings (SSSR count). The van der Waals surface area contributed by atoms with Crippen molar-refractivity contribution in [2.75, 3.05) is 13.1 Å². The van der Waals surface area contributed by atoms with Gasteiger partial charge in [-0.25, -0.2) is 9.37 Å². The van der Waals surface area contributed by atoms with E-state index in [0.29, 0.717) is 13.1 Å². The predicted octanol–water partition coefficient (Wildman–Crippen LogP) is 2.88. The standard InChI is InChI=1S/C17H20FN3OS/c1-10-8-13(18)4-5-14(10)16-17(22)19-6-7-21(16)9-15-11(2)20-12(3)23-15/h4-5,8,16H,6-7,9H2,1-3H3,(H,19,22). The van der Waals surface area contributed by atoms with Crippen LogP contribution in [0.25, 0.3) is 0 Å². The lowest BCUT2D eigenvalue weighted by Crippen LogP contribution is -2.49. The highest BCUT2D eigenvalue weighted by molar-refractivity contribution is 7.11. The number of hydrogen-bond donors (Lipinski definition) is 1. The maximum atomic E-state index is 13.4. The summed E-state index contributed by atoms with van der Waals surface area (Å²) in [6, 6.07) is 4.24. The number of benzene rings is 1. The summed E-state index contributed by atoms with van der Waals surface area (Å²) < 4.78 is 13.4. The number of carbonyl (C=O) groups is 1. The Balaban J connectivity index is 1.93. The summed E-state index contributed by atoms with van der Waals surface area (Å²) in [6.45, 7) is 7.93. The van der Waals surface area contributed by atoms with Crippen LogP contribution in [0.3, 0.4) is 0 Å². The lowest BCUT2D eigenvalue weighted by atomic mass is 9.97. The Bertz CT molecular complexity index is 743. The van der Waals surface area contributed by atoms with Crippen molar-refractivity contribution in [3.8, 4) is 0 Å². The molecule has 0 saturated carbocycles. The maximum absolute atomic E-state index is 13.4. The summed E-state index contributed by atoms with van der Waals surface area (Å²) in [5.41, 5.74) is 2.69. The number of piperazine rings is 1. The highest BCUT2D eigenvalue weighted by Crippen LogP contribution is 2.30. The fourth-order valence-corrected chi connectivity index (χ4v) is 4.04. The molecule has 2 aromatic rings. The van der Waals surface area contributed by atoms with E-state index in [2.05, 4.69) is 15.2 Å². The molecule has 1 amide bonds. The van der Waals surface area contributed by atoms with E-state index in [-0.39, 0.29) is 17.8 Å². The zero-order chi connectivity index (χ0) is 16.6. The Hall–Kier alpha value is -1.79. The van der Waals surface area contributed by atoms with Crippen LogP contribution in [-0.2, 0) is 11.3 Å². The fraction of sp³-hybridized carbons (Fsp3) is 0.412. The molecule has 1 aliphatic heterocycles. The molecule has 6 heteroatoms. The smallest absolute Gasteiger partial charge is 0.242 e. The summed E-state index contributed by atoms with van der Waals surface area (Å²) >= 11 is 1.67. The van der Waals surface area contributed by atoms with Crippen LogP contribution in [0.4, 0.5) is 4.39 Å². The molecule has 0 radical (unpaired) electrons. The maximum Gasteiger partial charge on any atom is 0.242 e. The van der Waals surface area contributed by atoms with Crippen LogP contribution in [0.1, 0.15) is 32.7 Å². The van der Waals surface area contributed by atoms with E-state index < -0.39 is 0 Å². The lowest BCUT2D eigenvalue weighted by molar-refractivity contribution is -0.129. The Morgan fingerprint density at radius 1 is 1.39 bits per heavy atom. The molecule has 1 aromatic carbocycles. The first-order valence-electron chi connectivity index (χ1n) is 7.66. The van der Waals surface area contributed by atoms with E-state index in [9.17, 15) is 9.18 Å². The van der Waals surface area contributed by atoms with Gasteiger partial charge in [0.05, 0.1) is 10.7 Å². The highest BCUT2D eigenvalue weighted by atomic mass is 32.1. The van der Waals surface area contributed by atoms with Crippen LogP contribution < -0.4 is 5.32 Å². The minimum absolute atomic E-state index is 0.0233. The van der Waals surface area contributed by atoms with Crippen LogP contribution in [0.15, 0.2) is 18.2 Å². The van der Waals surface area contributed by atoms with Crippen LogP contribution in [0.2, 0.25) is 0 Å². The second-order valence-corrected chi connectivity index (χ2v) is 7.19. The number of halogens is 1. The lowest BCUT2D eigenvalue weighted by Gasteiger charge is -2.35. The zero-order valence-corrected chi connectivity index (χ0v) is 14.3. The average Bonchev–Trinajstić information content (AvgIpc) is 2.78. The van der Waals surface area contributed by atoms with Gasteiger partial charge in [0.25, 0.3) is 0 Å². The second-order valence-electron chi connectivity index (χ2n) is 5.91. The van der Waals surface area contributed by atoms with Crippen molar-refractivity contribution in [1.29, 1.82) is 0 Å². The van der Waals surface area contributed by atoms with Crippen LogP contribution in [-0.4, -0.2) is 28.9 Å². The Labute approximate surface area is 139 Å². The number of aryl methyl sites for hydroxylation is 3. The van der Waals surface area contributed by atoms with Crippen molar-refractivity contribution in [3.63, 3.8) is 0 Å². The molecule has 1 saturated heterocycles. The van der Waals surface area contributed by atoms with Gasteiger partial charge in [-0.3, -0.25) is 9.69 Å². The van der Waals surface area contributed by atoms with E-state index in [1.54, 1.807) is 17.4 Å². The van der Waals surface area contributed by atoms with Gasteiger partial charge in [-0.2, -0.15) is 0 Å². The van der Waals surface area contributed by atoms with Crippen molar-refractivity contribution >= 4 is 17.2 Å². The third-order valence-electron chi connectivity index (χ3n) is 4.18. The molecule has 1 aliphatic rings. The highest BCUT2D eigenvalue weighted by Gasteiger charge is 2.32. The number of thiazole rings is 1. The first kappa shape index (κ1) is 16.1. The number of rotatable bonds is 3. The van der Waals surface area contributed by atoms with Gasteiger partial charge in [-0.15, -0.1) is 11.3 Å². The third kappa shape index (κ3) is 3.28. The molecule has 122 valence electrons. The summed E-state index contributed by atoms with van der Waals surface area (Å²) in [5.74, 6) is -0.298. The summed E-state index contributed by atoms with van der Waals surface area (Å²) in [5, 5.41) is 3.96. The van der Waals surface area contributed by atoms with Gasteiger partial charge in [0, 0.05) is 24.5 Å². The largest absolute Gasteiger partial charge is 0.353 e. The van der Waals surface area contributed by atoms with E-state index in [0.717, 1.165) is 28.4 Å². The van der Waals surface area contributed by atoms with Crippen molar-refractivity contribution in [3.05, 3.63) is 50.7 Å². The predicted molar refractivity (Wildman–Crippen MR) is 88.9 cm³/mol. The molecule has 2 heterocycles. The quantitative estimate of drug-likeness (QED) is 0.939. The summed E-state index contributed by atoms with van der Waals surface area (Å²) in [6.07, 6.45) is 0. The number of nitrogens with zero attached hydrogens (tertiary/aromatic N) is 2. The topological polar surface area (TPSA) is 45.2 Å². The molecule has 0 spiro atoms. The van der Waals surface area contributed by atoms with Crippen LogP contribution in [0.5, 0.6) is 0 Å². The van der Waals surface area contributed by atoms with Gasteiger partial charge in [-0.05, 0) is 44.0 Å². The van der Waals surface area contributed by atoms with Crippen molar-refractivity contribution < 1.29 is 9.18 Å². The molecule has 1 aromatic heterocycles. The van der Waals surface area contributed by atoms with Gasteiger partial charge < -0.3 is 5.32 Å². The summed E-state index contributed by atoms with van der Waals surface area (Å²) in [7, 11) is 0. The average molecular weight is 333 g/mol. The SMILES string of the molecule is Cc1nc(C)c(CN2CCNC(=O)C2c2ccc(F)cc2C)s1. The van der Waals surface area contributed by atoms with E-state index in [1.807, 2.05) is 20.8 Å². The molecule has 0 bridgehead atoms. The summed E-state index contributed by atoms with van der Waals surface area (Å²) in [4.78, 5) is 20.3. The van der Waals surface area contributed by atoms with E-state index in [4.69, 9.17) is 0 Å². The van der Waals surface area contributed by atoms with Gasteiger partial charge >= 0.3 is 0 Å². The molecule has 1 N–H and O–H groups in total. The van der Waals surface area contributed by atoms with Crippen molar-refractivity contribution in [2.24, 2.45) is 0 Å². The first-order valence-corrected chi connectivity index (χ1v) is 8.48. The van der Waals surface area contributed by atoms with E-state index in [1.165, 1.54) is 17.0 Å². The van der Waals surface area contributed by atoms with Gasteiger partial charge in [0.1, 0.15) is 11.9 Å². The molecule has 1 atom stereocenters. The Morgan fingerprint density at radius 3 is 2.83 bits per heavy atom. The first-order chi connectivity index (χ1) is 11.0. The van der Waals surface area contributed by atoms with Crippen LogP contribution in [0, 0.1) is 26.6 Å². The minimum Gasteiger partial charge on any atom is -0.353 e. The molecule has 23 heavy (non-hydrogen) atoms. The molecule has 4 nitrogen and oxygen atoms in total. The molecule has 0 aliphatic carbocycles. The monoisotopic (exact) mass is 333 g/mol. The van der Waals surface area contributed by atoms with Crippen molar-refractivity contribution in [2.45, 2.75) is 33.4 Å². The normalized spacial score (nSPS) is 19.0. The number of aromatic nitrogens is 1. The third-order valence-corrected chi connectivity index (χ3v) is 5.24. The fourth-order valence-electron chi connectivity index (χ4n) is 3.07. The second kappa shape index (κ2) is 6.37. The minimum atomic E-state index is -0.383.